The summed E-state index contributed by atoms with van der Waals surface area (Å²) in [6, 6.07) is 3.89. The molecular weight excluding hydrogens is 358 g/mol. The summed E-state index contributed by atoms with van der Waals surface area (Å²) >= 11 is 0. The van der Waals surface area contributed by atoms with Crippen molar-refractivity contribution in [3.63, 3.8) is 0 Å². The van der Waals surface area contributed by atoms with Crippen LogP contribution in [0.5, 0.6) is 0 Å². The molecule has 154 valence electrons. The molecule has 0 aliphatic heterocycles. The zero-order valence-corrected chi connectivity index (χ0v) is 16.5. The predicted octanol–water partition coefficient (Wildman–Crippen LogP) is 1.22. The molecule has 1 heterocycles. The molecule has 0 fully saturated rings. The lowest BCUT2D eigenvalue weighted by Crippen LogP contribution is -2.26. The fourth-order valence-electron chi connectivity index (χ4n) is 2.95. The Hall–Kier alpha value is -2.65. The number of aryl methyl sites for hydroxylation is 1. The topological polar surface area (TPSA) is 126 Å². The Morgan fingerprint density at radius 3 is 2.79 bits per heavy atom. The van der Waals surface area contributed by atoms with E-state index in [1.807, 2.05) is 23.7 Å². The number of benzene rings is 1. The van der Waals surface area contributed by atoms with Gasteiger partial charge in [0.1, 0.15) is 6.29 Å². The standard InChI is InChI=1S/C19H31N7O2/c1-21-7-5-9-23-19(28)6-4-8-22-15-13-18-17(12-16(15)25-20)24-14-26(18)10-2-3-11-27/h11-14,21-22,25H,2-10,20H2,1H3,(H,23,28). The number of carbonyl (C=O) groups is 2. The van der Waals surface area contributed by atoms with Crippen LogP contribution in [0.2, 0.25) is 0 Å². The number of nitrogens with one attached hydrogen (secondary N) is 4. The van der Waals surface area contributed by atoms with E-state index < -0.39 is 0 Å². The van der Waals surface area contributed by atoms with Crippen molar-refractivity contribution in [3.05, 3.63) is 18.5 Å². The number of nitrogens with two attached hydrogens (primary N) is 1. The molecule has 9 nitrogen and oxygen atoms in total. The number of nitrogen functional groups attached to an aromatic ring is 1. The normalized spacial score (nSPS) is 10.8. The third-order valence-electron chi connectivity index (χ3n) is 4.46. The second-order valence-electron chi connectivity index (χ2n) is 6.62. The predicted molar refractivity (Wildman–Crippen MR) is 112 cm³/mol. The number of unbranched alkanes of at least 4 members (excludes halogenated alkanes) is 1. The molecular formula is C19H31N7O2. The molecule has 0 bridgehead atoms. The summed E-state index contributed by atoms with van der Waals surface area (Å²) in [5, 5.41) is 9.31. The summed E-state index contributed by atoms with van der Waals surface area (Å²) in [6.07, 6.45) is 6.13. The largest absolute Gasteiger partial charge is 0.383 e. The van der Waals surface area contributed by atoms with E-state index in [4.69, 9.17) is 5.84 Å². The second kappa shape index (κ2) is 11.9. The molecule has 0 atom stereocenters. The van der Waals surface area contributed by atoms with E-state index in [1.54, 1.807) is 6.33 Å². The van der Waals surface area contributed by atoms with Crippen molar-refractivity contribution in [2.24, 2.45) is 5.84 Å². The first-order valence-electron chi connectivity index (χ1n) is 9.74. The number of hydrogen-bond acceptors (Lipinski definition) is 7. The van der Waals surface area contributed by atoms with Crippen LogP contribution in [-0.4, -0.2) is 48.4 Å². The van der Waals surface area contributed by atoms with Crippen molar-refractivity contribution in [1.82, 2.24) is 20.2 Å². The van der Waals surface area contributed by atoms with Crippen molar-refractivity contribution >= 4 is 34.6 Å². The minimum Gasteiger partial charge on any atom is -0.383 e. The van der Waals surface area contributed by atoms with Gasteiger partial charge in [0.2, 0.25) is 5.91 Å². The number of nitrogens with zero attached hydrogens (tertiary/aromatic N) is 2. The zero-order valence-electron chi connectivity index (χ0n) is 16.5. The minimum absolute atomic E-state index is 0.0683. The van der Waals surface area contributed by atoms with Gasteiger partial charge in [0.05, 0.1) is 28.7 Å². The van der Waals surface area contributed by atoms with Crippen LogP contribution in [0.1, 0.15) is 32.1 Å². The molecule has 0 radical (unpaired) electrons. The number of carbonyl (C=O) groups excluding carboxylic acids is 2. The highest BCUT2D eigenvalue weighted by Crippen LogP contribution is 2.27. The molecule has 0 unspecified atom stereocenters. The fraction of sp³-hybridized carbons (Fsp3) is 0.526. The summed E-state index contributed by atoms with van der Waals surface area (Å²) in [5.41, 5.74) is 6.13. The third kappa shape index (κ3) is 6.50. The number of rotatable bonds is 14. The molecule has 0 aliphatic rings. The van der Waals surface area contributed by atoms with E-state index in [9.17, 15) is 9.59 Å². The Morgan fingerprint density at radius 2 is 2.04 bits per heavy atom. The number of hydrogen-bond donors (Lipinski definition) is 5. The smallest absolute Gasteiger partial charge is 0.220 e. The second-order valence-corrected chi connectivity index (χ2v) is 6.62. The summed E-state index contributed by atoms with van der Waals surface area (Å²) < 4.78 is 2.03. The third-order valence-corrected chi connectivity index (χ3v) is 4.46. The molecule has 0 saturated carbocycles. The molecule has 0 aliphatic carbocycles. The van der Waals surface area contributed by atoms with Crippen LogP contribution in [0.4, 0.5) is 11.4 Å². The Labute approximate surface area is 165 Å². The van der Waals surface area contributed by atoms with E-state index in [0.717, 1.165) is 61.0 Å². The summed E-state index contributed by atoms with van der Waals surface area (Å²) in [4.78, 5) is 26.8. The van der Waals surface area contributed by atoms with Crippen molar-refractivity contribution in [2.75, 3.05) is 37.4 Å². The lowest BCUT2D eigenvalue weighted by molar-refractivity contribution is -0.121. The highest BCUT2D eigenvalue weighted by atomic mass is 16.1. The lowest BCUT2D eigenvalue weighted by Gasteiger charge is -2.13. The van der Waals surface area contributed by atoms with Gasteiger partial charge in [-0.15, -0.1) is 0 Å². The molecule has 9 heteroatoms. The maximum atomic E-state index is 11.8. The van der Waals surface area contributed by atoms with Crippen LogP contribution in [-0.2, 0) is 16.1 Å². The van der Waals surface area contributed by atoms with Crippen molar-refractivity contribution in [3.8, 4) is 0 Å². The van der Waals surface area contributed by atoms with Gasteiger partial charge in [-0.1, -0.05) is 0 Å². The number of imidazole rings is 1. The first kappa shape index (κ1) is 21.6. The van der Waals surface area contributed by atoms with Gasteiger partial charge in [0.15, 0.2) is 0 Å². The Morgan fingerprint density at radius 1 is 1.18 bits per heavy atom. The average molecular weight is 390 g/mol. The van der Waals surface area contributed by atoms with E-state index in [2.05, 4.69) is 26.4 Å². The van der Waals surface area contributed by atoms with E-state index >= 15 is 0 Å². The van der Waals surface area contributed by atoms with Crippen LogP contribution in [0.15, 0.2) is 18.5 Å². The molecule has 1 aromatic heterocycles. The monoisotopic (exact) mass is 389 g/mol. The molecule has 2 rings (SSSR count). The van der Waals surface area contributed by atoms with Gasteiger partial charge in [0, 0.05) is 32.5 Å². The van der Waals surface area contributed by atoms with E-state index in [-0.39, 0.29) is 5.91 Å². The van der Waals surface area contributed by atoms with Crippen LogP contribution >= 0.6 is 0 Å². The Balaban J connectivity index is 1.89. The van der Waals surface area contributed by atoms with Crippen LogP contribution in [0, 0.1) is 0 Å². The number of amides is 1. The van der Waals surface area contributed by atoms with Gasteiger partial charge in [-0.3, -0.25) is 10.6 Å². The summed E-state index contributed by atoms with van der Waals surface area (Å²) in [6.45, 7) is 2.98. The zero-order chi connectivity index (χ0) is 20.2. The quantitative estimate of drug-likeness (QED) is 0.142. The van der Waals surface area contributed by atoms with Crippen molar-refractivity contribution < 1.29 is 9.59 Å². The Kier molecular flexibility index (Phi) is 9.23. The van der Waals surface area contributed by atoms with Gasteiger partial charge in [-0.05, 0) is 45.0 Å². The van der Waals surface area contributed by atoms with Gasteiger partial charge in [-0.2, -0.15) is 0 Å². The van der Waals surface area contributed by atoms with Gasteiger partial charge in [0.25, 0.3) is 0 Å². The molecule has 28 heavy (non-hydrogen) atoms. The molecule has 1 amide bonds. The van der Waals surface area contributed by atoms with E-state index in [0.29, 0.717) is 25.9 Å². The SMILES string of the molecule is CNCCCNC(=O)CCCNc1cc2c(cc1NN)ncn2CCCC=O. The lowest BCUT2D eigenvalue weighted by atomic mass is 10.2. The first-order valence-corrected chi connectivity index (χ1v) is 9.74. The molecule has 6 N–H and O–H groups in total. The maximum Gasteiger partial charge on any atom is 0.220 e. The molecule has 0 saturated heterocycles. The highest BCUT2D eigenvalue weighted by molar-refractivity contribution is 5.87. The molecule has 0 spiro atoms. The van der Waals surface area contributed by atoms with Crippen LogP contribution in [0.25, 0.3) is 11.0 Å². The number of fused-ring (bicyclic) bond motifs is 1. The minimum atomic E-state index is 0.0683. The highest BCUT2D eigenvalue weighted by Gasteiger charge is 2.09. The van der Waals surface area contributed by atoms with Crippen molar-refractivity contribution in [2.45, 2.75) is 38.6 Å². The summed E-state index contributed by atoms with van der Waals surface area (Å²) in [5.74, 6) is 5.71. The fourth-order valence-corrected chi connectivity index (χ4v) is 2.95. The van der Waals surface area contributed by atoms with Crippen LogP contribution in [0.3, 0.4) is 0 Å². The number of hydrazine groups is 1. The number of anilines is 2. The maximum absolute atomic E-state index is 11.8. The molecule has 1 aromatic carbocycles. The van der Waals surface area contributed by atoms with Gasteiger partial charge < -0.3 is 30.7 Å². The first-order chi connectivity index (χ1) is 13.7. The number of aromatic nitrogens is 2. The summed E-state index contributed by atoms with van der Waals surface area (Å²) in [7, 11) is 1.90. The van der Waals surface area contributed by atoms with Gasteiger partial charge >= 0.3 is 0 Å². The Bertz CT molecular complexity index is 760. The molecule has 2 aromatic rings. The van der Waals surface area contributed by atoms with Gasteiger partial charge in [-0.25, -0.2) is 4.98 Å². The van der Waals surface area contributed by atoms with Crippen molar-refractivity contribution in [1.29, 1.82) is 0 Å². The van der Waals surface area contributed by atoms with E-state index in [1.165, 1.54) is 0 Å². The number of aldehydes is 1. The van der Waals surface area contributed by atoms with Crippen LogP contribution < -0.4 is 27.2 Å². The average Bonchev–Trinajstić information content (AvgIpc) is 3.10.